The number of amides is 2. The van der Waals surface area contributed by atoms with Crippen LogP contribution in [-0.4, -0.2) is 51.4 Å². The zero-order chi connectivity index (χ0) is 23.7. The highest BCUT2D eigenvalue weighted by molar-refractivity contribution is 5.91. The normalized spacial score (nSPS) is 15.5. The molecule has 7 nitrogen and oxygen atoms in total. The molecule has 2 amide bonds. The van der Waals surface area contributed by atoms with Gasteiger partial charge in [-0.25, -0.2) is 5.10 Å². The van der Waals surface area contributed by atoms with Gasteiger partial charge in [-0.05, 0) is 35.4 Å². The predicted octanol–water partition coefficient (Wildman–Crippen LogP) is 3.44. The van der Waals surface area contributed by atoms with Crippen LogP contribution in [0.2, 0.25) is 0 Å². The minimum Gasteiger partial charge on any atom is -0.340 e. The molecule has 1 N–H and O–H groups in total. The van der Waals surface area contributed by atoms with Gasteiger partial charge in [-0.3, -0.25) is 14.4 Å². The molecule has 1 atom stereocenters. The van der Waals surface area contributed by atoms with E-state index in [0.29, 0.717) is 42.6 Å². The van der Waals surface area contributed by atoms with E-state index < -0.39 is 5.92 Å². The summed E-state index contributed by atoms with van der Waals surface area (Å²) in [6.07, 6.45) is 0.284. The van der Waals surface area contributed by atoms with Crippen molar-refractivity contribution in [3.63, 3.8) is 0 Å². The number of aromatic amines is 1. The lowest BCUT2D eigenvalue weighted by Gasteiger charge is -2.25. The van der Waals surface area contributed by atoms with Gasteiger partial charge >= 0.3 is 0 Å². The lowest BCUT2D eigenvalue weighted by Crippen LogP contribution is -2.38. The highest BCUT2D eigenvalue weighted by atomic mass is 16.2. The number of nitrogens with one attached hydrogen (secondary N) is 1. The molecule has 0 radical (unpaired) electrons. The van der Waals surface area contributed by atoms with E-state index in [1.165, 1.54) is 5.39 Å². The van der Waals surface area contributed by atoms with Crippen LogP contribution in [0.25, 0.3) is 21.5 Å². The minimum absolute atomic E-state index is 0.0451. The first-order valence-electron chi connectivity index (χ1n) is 11.5. The molecule has 0 bridgehead atoms. The summed E-state index contributed by atoms with van der Waals surface area (Å²) in [7, 11) is 0. The fourth-order valence-corrected chi connectivity index (χ4v) is 4.67. The Bertz CT molecular complexity index is 1440. The van der Waals surface area contributed by atoms with Crippen LogP contribution in [0, 0.1) is 0 Å². The molecule has 34 heavy (non-hydrogen) atoms. The number of nitrogens with zero attached hydrogens (tertiary/aromatic N) is 3. The van der Waals surface area contributed by atoms with Crippen LogP contribution in [-0.2, 0) is 16.1 Å². The molecule has 0 saturated carbocycles. The van der Waals surface area contributed by atoms with Crippen molar-refractivity contribution in [2.24, 2.45) is 0 Å². The van der Waals surface area contributed by atoms with Gasteiger partial charge in [0, 0.05) is 38.0 Å². The third kappa shape index (κ3) is 4.17. The highest BCUT2D eigenvalue weighted by Gasteiger charge is 2.29. The van der Waals surface area contributed by atoms with Gasteiger partial charge in [-0.1, -0.05) is 54.6 Å². The van der Waals surface area contributed by atoms with Crippen molar-refractivity contribution in [2.45, 2.75) is 25.8 Å². The summed E-state index contributed by atoms with van der Waals surface area (Å²) in [5.41, 5.74) is 1.34. The van der Waals surface area contributed by atoms with Crippen LogP contribution >= 0.6 is 0 Å². The van der Waals surface area contributed by atoms with Gasteiger partial charge in [-0.2, -0.15) is 5.10 Å². The maximum Gasteiger partial charge on any atom is 0.272 e. The Kier molecular flexibility index (Phi) is 5.84. The molecule has 1 aliphatic heterocycles. The van der Waals surface area contributed by atoms with E-state index >= 15 is 0 Å². The number of H-pyrrole nitrogens is 1. The van der Waals surface area contributed by atoms with Gasteiger partial charge in [0.15, 0.2) is 0 Å². The van der Waals surface area contributed by atoms with Crippen LogP contribution in [0.4, 0.5) is 0 Å². The molecule has 7 heteroatoms. The number of carbonyl (C=O) groups excluding carboxylic acids is 2. The van der Waals surface area contributed by atoms with Crippen molar-refractivity contribution in [3.05, 3.63) is 88.3 Å². The summed E-state index contributed by atoms with van der Waals surface area (Å²) in [5.74, 6) is -0.585. The molecule has 2 heterocycles. The van der Waals surface area contributed by atoms with Crippen molar-refractivity contribution < 1.29 is 9.59 Å². The van der Waals surface area contributed by atoms with Gasteiger partial charge in [0.05, 0.1) is 17.0 Å². The average Bonchev–Trinajstić information content (AvgIpc) is 3.05. The molecular formula is C27H26N4O3. The Hall–Kier alpha value is -4.00. The molecule has 5 rings (SSSR count). The van der Waals surface area contributed by atoms with Gasteiger partial charge in [-0.15, -0.1) is 0 Å². The Morgan fingerprint density at radius 1 is 0.941 bits per heavy atom. The second kappa shape index (κ2) is 9.09. The molecule has 1 fully saturated rings. The van der Waals surface area contributed by atoms with Gasteiger partial charge in [0.2, 0.25) is 11.8 Å². The largest absolute Gasteiger partial charge is 0.340 e. The number of carbonyl (C=O) groups is 2. The van der Waals surface area contributed by atoms with Crippen LogP contribution in [0.5, 0.6) is 0 Å². The molecular weight excluding hydrogens is 428 g/mol. The Morgan fingerprint density at radius 2 is 1.68 bits per heavy atom. The first-order chi connectivity index (χ1) is 16.5. The summed E-state index contributed by atoms with van der Waals surface area (Å²) >= 11 is 0. The van der Waals surface area contributed by atoms with Crippen LogP contribution < -0.4 is 5.56 Å². The van der Waals surface area contributed by atoms with E-state index in [1.54, 1.807) is 24.0 Å². The maximum absolute atomic E-state index is 13.4. The third-order valence-corrected chi connectivity index (χ3v) is 6.59. The lowest BCUT2D eigenvalue weighted by molar-refractivity contribution is -0.132. The van der Waals surface area contributed by atoms with E-state index in [4.69, 9.17) is 0 Å². The fraction of sp³-hybridized carbons (Fsp3) is 0.259. The van der Waals surface area contributed by atoms with Crippen LogP contribution in [0.15, 0.2) is 71.5 Å². The first-order valence-corrected chi connectivity index (χ1v) is 11.5. The number of rotatable bonds is 4. The molecule has 4 aromatic rings. The fourth-order valence-electron chi connectivity index (χ4n) is 4.67. The predicted molar refractivity (Wildman–Crippen MR) is 131 cm³/mol. The Labute approximate surface area is 197 Å². The first kappa shape index (κ1) is 21.8. The summed E-state index contributed by atoms with van der Waals surface area (Å²) in [6, 6.07) is 21.6. The molecule has 1 aliphatic rings. The molecule has 0 aliphatic carbocycles. The third-order valence-electron chi connectivity index (χ3n) is 6.59. The highest BCUT2D eigenvalue weighted by Crippen LogP contribution is 2.24. The second-order valence-corrected chi connectivity index (χ2v) is 8.78. The van der Waals surface area contributed by atoms with E-state index in [0.717, 1.165) is 10.9 Å². The molecule has 172 valence electrons. The molecule has 1 saturated heterocycles. The minimum atomic E-state index is -0.538. The number of aromatic nitrogens is 2. The van der Waals surface area contributed by atoms with Crippen molar-refractivity contribution in [2.75, 3.05) is 19.6 Å². The number of benzene rings is 3. The zero-order valence-corrected chi connectivity index (χ0v) is 19.0. The standard InChI is InChI=1S/C27H26N4O3/c1-18(25-22-8-4-5-9-23(22)26(33)29-28-25)27(34)30-13-12-24(32)31(15-14-30)17-19-10-11-20-6-2-3-7-21(20)16-19/h2-11,16,18H,12-15,17H2,1H3,(H,29,33). The second-order valence-electron chi connectivity index (χ2n) is 8.78. The number of fused-ring (bicyclic) bond motifs is 2. The van der Waals surface area contributed by atoms with Gasteiger partial charge in [0.25, 0.3) is 5.56 Å². The topological polar surface area (TPSA) is 86.4 Å². The van der Waals surface area contributed by atoms with Crippen molar-refractivity contribution in [1.82, 2.24) is 20.0 Å². The van der Waals surface area contributed by atoms with E-state index in [2.05, 4.69) is 40.5 Å². The lowest BCUT2D eigenvalue weighted by atomic mass is 10.00. The SMILES string of the molecule is CC(C(=O)N1CCC(=O)N(Cc2ccc3ccccc3c2)CC1)c1n[nH]c(=O)c2ccccc12. The summed E-state index contributed by atoms with van der Waals surface area (Å²) in [5, 5.41) is 10.2. The number of hydrogen-bond acceptors (Lipinski definition) is 4. The van der Waals surface area contributed by atoms with Gasteiger partial charge in [0.1, 0.15) is 0 Å². The summed E-state index contributed by atoms with van der Waals surface area (Å²) < 4.78 is 0. The van der Waals surface area contributed by atoms with Crippen LogP contribution in [0.1, 0.15) is 30.5 Å². The molecule has 0 spiro atoms. The molecule has 3 aromatic carbocycles. The monoisotopic (exact) mass is 454 g/mol. The van der Waals surface area contributed by atoms with Crippen molar-refractivity contribution in [1.29, 1.82) is 0 Å². The number of hydrogen-bond donors (Lipinski definition) is 1. The van der Waals surface area contributed by atoms with E-state index in [9.17, 15) is 14.4 Å². The summed E-state index contributed by atoms with van der Waals surface area (Å²) in [6.45, 7) is 3.63. The molecule has 1 aromatic heterocycles. The smallest absolute Gasteiger partial charge is 0.272 e. The summed E-state index contributed by atoms with van der Waals surface area (Å²) in [4.78, 5) is 41.9. The van der Waals surface area contributed by atoms with Gasteiger partial charge < -0.3 is 9.80 Å². The van der Waals surface area contributed by atoms with Crippen molar-refractivity contribution in [3.8, 4) is 0 Å². The van der Waals surface area contributed by atoms with Crippen molar-refractivity contribution >= 4 is 33.4 Å². The Balaban J connectivity index is 1.31. The molecule has 1 unspecified atom stereocenters. The zero-order valence-electron chi connectivity index (χ0n) is 19.0. The Morgan fingerprint density at radius 3 is 2.50 bits per heavy atom. The average molecular weight is 455 g/mol. The maximum atomic E-state index is 13.4. The quantitative estimate of drug-likeness (QED) is 0.512. The van der Waals surface area contributed by atoms with E-state index in [-0.39, 0.29) is 23.8 Å². The van der Waals surface area contributed by atoms with Crippen LogP contribution in [0.3, 0.4) is 0 Å². The van der Waals surface area contributed by atoms with E-state index in [1.807, 2.05) is 29.2 Å².